The first-order chi connectivity index (χ1) is 12.8. The summed E-state index contributed by atoms with van der Waals surface area (Å²) in [6, 6.07) is 14.0. The van der Waals surface area contributed by atoms with E-state index >= 15 is 0 Å². The predicted octanol–water partition coefficient (Wildman–Crippen LogP) is 4.16. The highest BCUT2D eigenvalue weighted by atomic mass is 16.2. The van der Waals surface area contributed by atoms with Gasteiger partial charge in [-0.25, -0.2) is 5.43 Å². The van der Waals surface area contributed by atoms with Crippen LogP contribution in [0.25, 0.3) is 5.69 Å². The average molecular weight is 346 g/mol. The molecule has 0 saturated heterocycles. The van der Waals surface area contributed by atoms with Gasteiger partial charge in [-0.3, -0.25) is 4.79 Å². The van der Waals surface area contributed by atoms with Gasteiger partial charge in [-0.15, -0.1) is 0 Å². The number of benzene rings is 1. The second-order valence-electron chi connectivity index (χ2n) is 6.67. The molecule has 0 atom stereocenters. The van der Waals surface area contributed by atoms with Gasteiger partial charge >= 0.3 is 0 Å². The molecule has 5 nitrogen and oxygen atoms in total. The van der Waals surface area contributed by atoms with Gasteiger partial charge in [0.2, 0.25) is 0 Å². The van der Waals surface area contributed by atoms with Crippen LogP contribution in [0.5, 0.6) is 0 Å². The van der Waals surface area contributed by atoms with Crippen LogP contribution in [0.4, 0.5) is 0 Å². The molecular formula is C21H22N4O. The van der Waals surface area contributed by atoms with Crippen LogP contribution in [0.1, 0.15) is 47.6 Å². The molecule has 0 spiro atoms. The molecule has 0 aliphatic heterocycles. The summed E-state index contributed by atoms with van der Waals surface area (Å²) >= 11 is 0. The number of hydrazone groups is 1. The van der Waals surface area contributed by atoms with Gasteiger partial charge in [0, 0.05) is 47.6 Å². The minimum Gasteiger partial charge on any atom is -0.351 e. The third-order valence-corrected chi connectivity index (χ3v) is 4.90. The summed E-state index contributed by atoms with van der Waals surface area (Å²) in [6.45, 7) is 0. The highest BCUT2D eigenvalue weighted by Gasteiger charge is 2.15. The van der Waals surface area contributed by atoms with Crippen molar-refractivity contribution in [1.29, 1.82) is 0 Å². The lowest BCUT2D eigenvalue weighted by molar-refractivity contribution is 0.0955. The average Bonchev–Trinajstić information content (AvgIpc) is 3.43. The number of carbonyl (C=O) groups excluding carboxylic acids is 1. The van der Waals surface area contributed by atoms with E-state index in [0.717, 1.165) is 11.3 Å². The zero-order chi connectivity index (χ0) is 17.8. The Morgan fingerprint density at radius 1 is 1.04 bits per heavy atom. The summed E-state index contributed by atoms with van der Waals surface area (Å²) in [5.74, 6) is -0.212. The molecule has 4 rings (SSSR count). The van der Waals surface area contributed by atoms with Crippen molar-refractivity contribution in [3.63, 3.8) is 0 Å². The fourth-order valence-electron chi connectivity index (χ4n) is 3.46. The number of nitrogens with zero attached hydrogens (tertiary/aromatic N) is 3. The van der Waals surface area contributed by atoms with E-state index in [0.29, 0.717) is 11.6 Å². The van der Waals surface area contributed by atoms with Gasteiger partial charge in [0.15, 0.2) is 0 Å². The standard InChI is InChI=1S/C21H22N4O/c26-21(18-7-9-20(10-8-18)24-12-3-4-13-24)23-22-15-17-11-14-25(16-17)19-5-1-2-6-19/h3-4,7-16,19H,1-2,5-6H2,(H,23,26)/b22-15+. The van der Waals surface area contributed by atoms with Crippen molar-refractivity contribution in [2.75, 3.05) is 0 Å². The largest absolute Gasteiger partial charge is 0.351 e. The summed E-state index contributed by atoms with van der Waals surface area (Å²) in [6.07, 6.45) is 14.9. The van der Waals surface area contributed by atoms with Crippen molar-refractivity contribution >= 4 is 12.1 Å². The normalized spacial score (nSPS) is 14.9. The molecule has 26 heavy (non-hydrogen) atoms. The van der Waals surface area contributed by atoms with Crippen LogP contribution >= 0.6 is 0 Å². The molecule has 1 aromatic carbocycles. The third-order valence-electron chi connectivity index (χ3n) is 4.90. The predicted molar refractivity (Wildman–Crippen MR) is 103 cm³/mol. The van der Waals surface area contributed by atoms with E-state index in [1.54, 1.807) is 18.3 Å². The van der Waals surface area contributed by atoms with Crippen LogP contribution in [0, 0.1) is 0 Å². The Morgan fingerprint density at radius 2 is 1.77 bits per heavy atom. The molecular weight excluding hydrogens is 324 g/mol. The van der Waals surface area contributed by atoms with Gasteiger partial charge in [0.1, 0.15) is 0 Å². The fourth-order valence-corrected chi connectivity index (χ4v) is 3.46. The lowest BCUT2D eigenvalue weighted by Crippen LogP contribution is -2.17. The minimum atomic E-state index is -0.212. The van der Waals surface area contributed by atoms with E-state index in [4.69, 9.17) is 0 Å². The number of aromatic nitrogens is 2. The molecule has 132 valence electrons. The number of hydrogen-bond donors (Lipinski definition) is 1. The SMILES string of the molecule is O=C(N/N=C/c1ccn(C2CCCC2)c1)c1ccc(-n2cccc2)cc1. The van der Waals surface area contributed by atoms with Gasteiger partial charge in [0.05, 0.1) is 6.21 Å². The van der Waals surface area contributed by atoms with Crippen molar-refractivity contribution in [2.45, 2.75) is 31.7 Å². The first-order valence-electron chi connectivity index (χ1n) is 9.04. The Balaban J connectivity index is 1.35. The van der Waals surface area contributed by atoms with E-state index in [1.807, 2.05) is 47.3 Å². The summed E-state index contributed by atoms with van der Waals surface area (Å²) in [4.78, 5) is 12.2. The molecule has 1 N–H and O–H groups in total. The first-order valence-corrected chi connectivity index (χ1v) is 9.04. The first kappa shape index (κ1) is 16.4. The number of rotatable bonds is 5. The molecule has 2 heterocycles. The van der Waals surface area contributed by atoms with E-state index in [9.17, 15) is 4.79 Å². The van der Waals surface area contributed by atoms with Crippen molar-refractivity contribution < 1.29 is 4.79 Å². The van der Waals surface area contributed by atoms with Crippen molar-refractivity contribution in [1.82, 2.24) is 14.6 Å². The third kappa shape index (κ3) is 3.61. The van der Waals surface area contributed by atoms with Gasteiger partial charge in [-0.1, -0.05) is 12.8 Å². The lowest BCUT2D eigenvalue weighted by atomic mass is 10.2. The minimum absolute atomic E-state index is 0.212. The molecule has 1 saturated carbocycles. The van der Waals surface area contributed by atoms with Crippen LogP contribution in [-0.4, -0.2) is 21.3 Å². The quantitative estimate of drug-likeness (QED) is 0.547. The van der Waals surface area contributed by atoms with Gasteiger partial charge < -0.3 is 9.13 Å². The second-order valence-corrected chi connectivity index (χ2v) is 6.67. The summed E-state index contributed by atoms with van der Waals surface area (Å²) in [7, 11) is 0. The maximum absolute atomic E-state index is 12.2. The van der Waals surface area contributed by atoms with E-state index in [2.05, 4.69) is 27.5 Å². The highest BCUT2D eigenvalue weighted by molar-refractivity contribution is 5.95. The fraction of sp³-hybridized carbons (Fsp3) is 0.238. The zero-order valence-electron chi connectivity index (χ0n) is 14.6. The smallest absolute Gasteiger partial charge is 0.271 e. The van der Waals surface area contributed by atoms with Crippen LogP contribution in [0.15, 0.2) is 72.4 Å². The molecule has 1 fully saturated rings. The van der Waals surface area contributed by atoms with Crippen LogP contribution in [-0.2, 0) is 0 Å². The van der Waals surface area contributed by atoms with E-state index in [1.165, 1.54) is 25.7 Å². The molecule has 2 aromatic heterocycles. The lowest BCUT2D eigenvalue weighted by Gasteiger charge is -2.10. The van der Waals surface area contributed by atoms with Gasteiger partial charge in [-0.2, -0.15) is 5.10 Å². The molecule has 1 amide bonds. The van der Waals surface area contributed by atoms with E-state index in [-0.39, 0.29) is 5.91 Å². The molecule has 1 aliphatic rings. The Hall–Kier alpha value is -3.08. The number of nitrogens with one attached hydrogen (secondary N) is 1. The maximum Gasteiger partial charge on any atom is 0.271 e. The Bertz CT molecular complexity index is 885. The summed E-state index contributed by atoms with van der Waals surface area (Å²) in [5.41, 5.74) is 5.20. The van der Waals surface area contributed by atoms with Crippen molar-refractivity contribution in [3.8, 4) is 5.69 Å². The van der Waals surface area contributed by atoms with Crippen molar-refractivity contribution in [2.24, 2.45) is 5.10 Å². The maximum atomic E-state index is 12.2. The Morgan fingerprint density at radius 3 is 2.50 bits per heavy atom. The molecule has 0 bridgehead atoms. The van der Waals surface area contributed by atoms with Crippen LogP contribution in [0.3, 0.4) is 0 Å². The van der Waals surface area contributed by atoms with E-state index < -0.39 is 0 Å². The molecule has 1 aliphatic carbocycles. The highest BCUT2D eigenvalue weighted by Crippen LogP contribution is 2.29. The van der Waals surface area contributed by atoms with Gasteiger partial charge in [0.25, 0.3) is 5.91 Å². The Labute approximate surface area is 153 Å². The van der Waals surface area contributed by atoms with Crippen LogP contribution in [0.2, 0.25) is 0 Å². The summed E-state index contributed by atoms with van der Waals surface area (Å²) < 4.78 is 4.25. The molecule has 5 heteroatoms. The molecule has 3 aromatic rings. The molecule has 0 unspecified atom stereocenters. The summed E-state index contributed by atoms with van der Waals surface area (Å²) in [5, 5.41) is 4.09. The van der Waals surface area contributed by atoms with Gasteiger partial charge in [-0.05, 0) is 55.3 Å². The van der Waals surface area contributed by atoms with Crippen LogP contribution < -0.4 is 5.43 Å². The number of hydrogen-bond acceptors (Lipinski definition) is 2. The number of carbonyl (C=O) groups is 1. The zero-order valence-corrected chi connectivity index (χ0v) is 14.6. The monoisotopic (exact) mass is 346 g/mol. The van der Waals surface area contributed by atoms with Crippen molar-refractivity contribution in [3.05, 3.63) is 78.4 Å². The molecule has 0 radical (unpaired) electrons. The number of amides is 1. The second kappa shape index (κ2) is 7.44. The topological polar surface area (TPSA) is 51.3 Å². The Kier molecular flexibility index (Phi) is 4.69.